The van der Waals surface area contributed by atoms with Crippen molar-refractivity contribution >= 4 is 11.6 Å². The third kappa shape index (κ3) is 4.23. The van der Waals surface area contributed by atoms with Crippen molar-refractivity contribution in [3.63, 3.8) is 0 Å². The van der Waals surface area contributed by atoms with Crippen molar-refractivity contribution in [2.24, 2.45) is 0 Å². The van der Waals surface area contributed by atoms with Crippen LogP contribution in [0.2, 0.25) is 0 Å². The minimum absolute atomic E-state index is 0.0278. The van der Waals surface area contributed by atoms with Crippen molar-refractivity contribution in [1.82, 2.24) is 9.80 Å². The molecule has 0 aromatic rings. The summed E-state index contributed by atoms with van der Waals surface area (Å²) in [5.41, 5.74) is -0.0278. The van der Waals surface area contributed by atoms with E-state index < -0.39 is 0 Å². The second-order valence-electron chi connectivity index (χ2n) is 5.58. The summed E-state index contributed by atoms with van der Waals surface area (Å²) in [5.74, 6) is 0. The van der Waals surface area contributed by atoms with Crippen molar-refractivity contribution in [1.29, 1.82) is 0 Å². The normalized spacial score (nSPS) is 13.5. The Morgan fingerprint density at radius 3 is 0.875 bits per heavy atom. The molecule has 2 nitrogen and oxygen atoms in total. The van der Waals surface area contributed by atoms with Crippen LogP contribution in [0, 0.1) is 0 Å². The Hall–Kier alpha value is 0.210. The van der Waals surface area contributed by atoms with Gasteiger partial charge in [0.2, 0.25) is 0 Å². The zero-order valence-electron chi connectivity index (χ0n) is 12.2. The fourth-order valence-electron chi connectivity index (χ4n) is 2.33. The Morgan fingerprint density at radius 2 is 0.750 bits per heavy atom. The first kappa shape index (κ1) is 16.2. The average molecular weight is 249 g/mol. The van der Waals surface area contributed by atoms with E-state index in [1.807, 2.05) is 0 Å². The number of rotatable bonds is 6. The molecular formula is C13H29ClN2. The molecular weight excluding hydrogens is 220 g/mol. The first-order valence-electron chi connectivity index (χ1n) is 6.39. The van der Waals surface area contributed by atoms with Gasteiger partial charge in [0.05, 0.1) is 0 Å². The number of alkyl halides is 1. The molecule has 0 saturated carbocycles. The molecule has 0 aliphatic carbocycles. The highest BCUT2D eigenvalue weighted by Crippen LogP contribution is 2.22. The van der Waals surface area contributed by atoms with Gasteiger partial charge in [0.15, 0.2) is 0 Å². The predicted molar refractivity (Wildman–Crippen MR) is 73.9 cm³/mol. The van der Waals surface area contributed by atoms with Gasteiger partial charge in [-0.3, -0.25) is 9.80 Å². The molecule has 0 rings (SSSR count). The molecule has 0 aromatic carbocycles. The van der Waals surface area contributed by atoms with Gasteiger partial charge in [-0.1, -0.05) is 11.6 Å². The summed E-state index contributed by atoms with van der Waals surface area (Å²) in [6, 6.07) is 1.84. The highest BCUT2D eigenvalue weighted by Gasteiger charge is 2.30. The van der Waals surface area contributed by atoms with E-state index in [1.165, 1.54) is 0 Å². The van der Waals surface area contributed by atoms with Crippen LogP contribution in [-0.4, -0.2) is 39.6 Å². The molecule has 0 saturated heterocycles. The lowest BCUT2D eigenvalue weighted by Gasteiger charge is -2.44. The lowest BCUT2D eigenvalue weighted by atomic mass is 10.2. The van der Waals surface area contributed by atoms with Gasteiger partial charge in [-0.05, 0) is 55.4 Å². The first-order valence-corrected chi connectivity index (χ1v) is 6.82. The van der Waals surface area contributed by atoms with Gasteiger partial charge in [0, 0.05) is 24.2 Å². The van der Waals surface area contributed by atoms with E-state index >= 15 is 0 Å². The Balaban J connectivity index is 4.88. The third-order valence-electron chi connectivity index (χ3n) is 2.88. The standard InChI is InChI=1S/C13H29ClN2/c1-9(2)15(10(3)4)13(14)16(11(5)6)12(7)8/h9-13H,1-8H3. The summed E-state index contributed by atoms with van der Waals surface area (Å²) in [7, 11) is 0. The van der Waals surface area contributed by atoms with Crippen molar-refractivity contribution < 1.29 is 0 Å². The van der Waals surface area contributed by atoms with Crippen molar-refractivity contribution in [3.05, 3.63) is 0 Å². The fraction of sp³-hybridized carbons (Fsp3) is 1.00. The molecule has 0 bridgehead atoms. The Labute approximate surface area is 107 Å². The maximum Gasteiger partial charge on any atom is 0.141 e. The predicted octanol–water partition coefficient (Wildman–Crippen LogP) is 3.75. The van der Waals surface area contributed by atoms with Gasteiger partial charge >= 0.3 is 0 Å². The average Bonchev–Trinajstić information content (AvgIpc) is 1.99. The van der Waals surface area contributed by atoms with Gasteiger partial charge in [-0.15, -0.1) is 0 Å². The van der Waals surface area contributed by atoms with E-state index in [0.717, 1.165) is 0 Å². The number of hydrogen-bond acceptors (Lipinski definition) is 2. The van der Waals surface area contributed by atoms with E-state index in [4.69, 9.17) is 11.6 Å². The molecule has 0 radical (unpaired) electrons. The molecule has 0 amide bonds. The first-order chi connectivity index (χ1) is 7.20. The van der Waals surface area contributed by atoms with Crippen LogP contribution in [0.25, 0.3) is 0 Å². The molecule has 16 heavy (non-hydrogen) atoms. The van der Waals surface area contributed by atoms with Crippen LogP contribution in [0.3, 0.4) is 0 Å². The van der Waals surface area contributed by atoms with Crippen LogP contribution in [0.4, 0.5) is 0 Å². The minimum Gasteiger partial charge on any atom is -0.270 e. The van der Waals surface area contributed by atoms with Crippen LogP contribution < -0.4 is 0 Å². The van der Waals surface area contributed by atoms with Gasteiger partial charge in [0.25, 0.3) is 0 Å². The summed E-state index contributed by atoms with van der Waals surface area (Å²) >= 11 is 6.64. The third-order valence-corrected chi connectivity index (χ3v) is 3.33. The molecule has 0 unspecified atom stereocenters. The van der Waals surface area contributed by atoms with Crippen molar-refractivity contribution in [2.75, 3.05) is 0 Å². The lowest BCUT2D eigenvalue weighted by Crippen LogP contribution is -2.55. The highest BCUT2D eigenvalue weighted by atomic mass is 35.5. The maximum atomic E-state index is 6.64. The molecule has 0 aliphatic heterocycles. The molecule has 98 valence electrons. The molecule has 3 heteroatoms. The molecule has 0 aromatic heterocycles. The molecule has 0 fully saturated rings. The van der Waals surface area contributed by atoms with Crippen LogP contribution in [0.1, 0.15) is 55.4 Å². The lowest BCUT2D eigenvalue weighted by molar-refractivity contribution is 0.0126. The summed E-state index contributed by atoms with van der Waals surface area (Å²) in [5, 5.41) is 0. The fourth-order valence-corrected chi connectivity index (χ4v) is 3.23. The van der Waals surface area contributed by atoms with Gasteiger partial charge in [0.1, 0.15) is 5.62 Å². The molecule has 0 aliphatic rings. The Bertz CT molecular complexity index is 154. The summed E-state index contributed by atoms with van der Waals surface area (Å²) in [6.07, 6.45) is 0. The molecule has 0 N–H and O–H groups in total. The molecule has 0 spiro atoms. The van der Waals surface area contributed by atoms with Crippen LogP contribution in [0.15, 0.2) is 0 Å². The highest BCUT2D eigenvalue weighted by molar-refractivity contribution is 6.20. The summed E-state index contributed by atoms with van der Waals surface area (Å²) in [6.45, 7) is 17.6. The number of halogens is 1. The van der Waals surface area contributed by atoms with Crippen molar-refractivity contribution in [3.8, 4) is 0 Å². The quantitative estimate of drug-likeness (QED) is 0.401. The monoisotopic (exact) mass is 248 g/mol. The minimum atomic E-state index is -0.0278. The Kier molecular flexibility index (Phi) is 6.92. The topological polar surface area (TPSA) is 6.48 Å². The Morgan fingerprint density at radius 1 is 0.562 bits per heavy atom. The number of hydrogen-bond donors (Lipinski definition) is 0. The second kappa shape index (κ2) is 6.83. The van der Waals surface area contributed by atoms with E-state index in [2.05, 4.69) is 65.2 Å². The van der Waals surface area contributed by atoms with E-state index in [1.54, 1.807) is 0 Å². The van der Waals surface area contributed by atoms with Gasteiger partial charge in [-0.2, -0.15) is 0 Å². The molecule has 0 atom stereocenters. The number of nitrogens with zero attached hydrogens (tertiary/aromatic N) is 2. The van der Waals surface area contributed by atoms with Gasteiger partial charge < -0.3 is 0 Å². The maximum absolute atomic E-state index is 6.64. The molecule has 0 heterocycles. The summed E-state index contributed by atoms with van der Waals surface area (Å²) < 4.78 is 0. The zero-order chi connectivity index (χ0) is 13.0. The van der Waals surface area contributed by atoms with Gasteiger partial charge in [-0.25, -0.2) is 0 Å². The van der Waals surface area contributed by atoms with E-state index in [0.29, 0.717) is 24.2 Å². The van der Waals surface area contributed by atoms with Crippen molar-refractivity contribution in [2.45, 2.75) is 85.2 Å². The smallest absolute Gasteiger partial charge is 0.141 e. The van der Waals surface area contributed by atoms with Crippen LogP contribution in [0.5, 0.6) is 0 Å². The van der Waals surface area contributed by atoms with Crippen LogP contribution >= 0.6 is 11.6 Å². The van der Waals surface area contributed by atoms with E-state index in [9.17, 15) is 0 Å². The largest absolute Gasteiger partial charge is 0.270 e. The van der Waals surface area contributed by atoms with E-state index in [-0.39, 0.29) is 5.62 Å². The summed E-state index contributed by atoms with van der Waals surface area (Å²) in [4.78, 5) is 4.70. The zero-order valence-corrected chi connectivity index (χ0v) is 12.9. The van der Waals surface area contributed by atoms with Crippen LogP contribution in [-0.2, 0) is 0 Å². The SMILES string of the molecule is CC(C)N(C(C)C)C(Cl)N(C(C)C)C(C)C. The second-order valence-corrected chi connectivity index (χ2v) is 5.97.